The Hall–Kier alpha value is -4.63. The van der Waals surface area contributed by atoms with Crippen LogP contribution in [-0.2, 0) is 6.42 Å². The molecule has 0 aliphatic heterocycles. The third-order valence-corrected chi connectivity index (χ3v) is 5.66. The summed E-state index contributed by atoms with van der Waals surface area (Å²) in [5.74, 6) is -0.197. The van der Waals surface area contributed by atoms with Crippen molar-refractivity contribution in [3.05, 3.63) is 113 Å². The molecule has 9 nitrogen and oxygen atoms in total. The van der Waals surface area contributed by atoms with Gasteiger partial charge in [0.25, 0.3) is 5.91 Å². The monoisotopic (exact) mass is 496 g/mol. The van der Waals surface area contributed by atoms with E-state index in [9.17, 15) is 4.79 Å². The van der Waals surface area contributed by atoms with Gasteiger partial charge in [0.1, 0.15) is 12.0 Å². The lowest BCUT2D eigenvalue weighted by Gasteiger charge is -2.11. The number of amides is 1. The van der Waals surface area contributed by atoms with Crippen LogP contribution in [0.1, 0.15) is 21.5 Å². The Balaban J connectivity index is 1.48. The van der Waals surface area contributed by atoms with E-state index in [-0.39, 0.29) is 5.91 Å². The molecule has 5 aromatic rings. The second-order valence-electron chi connectivity index (χ2n) is 8.14. The molecule has 0 bridgehead atoms. The fourth-order valence-electron chi connectivity index (χ4n) is 3.75. The van der Waals surface area contributed by atoms with Gasteiger partial charge in [0, 0.05) is 34.5 Å². The number of allylic oxidation sites excluding steroid dienone is 1. The minimum atomic E-state index is -0.197. The van der Waals surface area contributed by atoms with Crippen LogP contribution in [0.25, 0.3) is 23.1 Å². The maximum Gasteiger partial charge on any atom is 0.255 e. The standard InChI is InChI=1S/C26H21ClN8O/c1-18-6-5-9-20(12-18)26(36)29-22(13-19-7-3-2-4-8-19)15-34-16-24(30-32-34)23-14-21(27)10-11-25(23)35-17-28-31-33-35/h2-12,14-17H,13H2,1H3,(H,29,36). The van der Waals surface area contributed by atoms with Gasteiger partial charge in [-0.25, -0.2) is 4.68 Å². The van der Waals surface area contributed by atoms with Gasteiger partial charge >= 0.3 is 0 Å². The molecule has 3 aromatic carbocycles. The zero-order chi connectivity index (χ0) is 24.9. The summed E-state index contributed by atoms with van der Waals surface area (Å²) in [4.78, 5) is 13.0. The average molecular weight is 497 g/mol. The van der Waals surface area contributed by atoms with Crippen molar-refractivity contribution in [3.8, 4) is 16.9 Å². The number of halogens is 1. The maximum atomic E-state index is 13.0. The highest BCUT2D eigenvalue weighted by Gasteiger charge is 2.14. The molecule has 1 amide bonds. The lowest BCUT2D eigenvalue weighted by molar-refractivity contribution is 0.0965. The summed E-state index contributed by atoms with van der Waals surface area (Å²) in [5, 5.41) is 23.5. The molecule has 0 atom stereocenters. The number of tetrazole rings is 1. The van der Waals surface area contributed by atoms with Crippen molar-refractivity contribution in [2.75, 3.05) is 0 Å². The van der Waals surface area contributed by atoms with Gasteiger partial charge in [-0.15, -0.1) is 10.2 Å². The molecule has 5 rings (SSSR count). The Kier molecular flexibility index (Phi) is 6.63. The van der Waals surface area contributed by atoms with Crippen molar-refractivity contribution < 1.29 is 4.79 Å². The first-order valence-electron chi connectivity index (χ1n) is 11.1. The van der Waals surface area contributed by atoms with Gasteiger partial charge in [0.05, 0.1) is 11.9 Å². The Bertz CT molecular complexity index is 1530. The molecule has 0 fully saturated rings. The number of aryl methyl sites for hydroxylation is 1. The number of carbonyl (C=O) groups is 1. The van der Waals surface area contributed by atoms with E-state index in [2.05, 4.69) is 31.2 Å². The molecule has 0 radical (unpaired) electrons. The first-order chi connectivity index (χ1) is 17.5. The summed E-state index contributed by atoms with van der Waals surface area (Å²) in [7, 11) is 0. The predicted molar refractivity (Wildman–Crippen MR) is 136 cm³/mol. The van der Waals surface area contributed by atoms with Gasteiger partial charge in [-0.3, -0.25) is 4.79 Å². The maximum absolute atomic E-state index is 13.0. The Morgan fingerprint density at radius 3 is 2.67 bits per heavy atom. The first kappa shape index (κ1) is 23.1. The molecule has 2 heterocycles. The van der Waals surface area contributed by atoms with Gasteiger partial charge in [0.15, 0.2) is 0 Å². The van der Waals surface area contributed by atoms with Gasteiger partial charge < -0.3 is 5.32 Å². The summed E-state index contributed by atoms with van der Waals surface area (Å²) in [6.45, 7) is 1.95. The lowest BCUT2D eigenvalue weighted by Crippen LogP contribution is -2.24. The Labute approximate surface area is 212 Å². The Morgan fingerprint density at radius 2 is 1.89 bits per heavy atom. The van der Waals surface area contributed by atoms with E-state index >= 15 is 0 Å². The summed E-state index contributed by atoms with van der Waals surface area (Å²) >= 11 is 6.26. The van der Waals surface area contributed by atoms with Crippen molar-refractivity contribution in [2.45, 2.75) is 13.3 Å². The quantitative estimate of drug-likeness (QED) is 0.359. The van der Waals surface area contributed by atoms with Crippen molar-refractivity contribution in [1.82, 2.24) is 40.5 Å². The van der Waals surface area contributed by atoms with Gasteiger partial charge in [-0.05, 0) is 53.2 Å². The topological polar surface area (TPSA) is 103 Å². The van der Waals surface area contributed by atoms with Crippen molar-refractivity contribution >= 4 is 23.7 Å². The fraction of sp³-hybridized carbons (Fsp3) is 0.0769. The zero-order valence-corrected chi connectivity index (χ0v) is 20.0. The Morgan fingerprint density at radius 1 is 1.03 bits per heavy atom. The number of rotatable bonds is 7. The number of nitrogens with zero attached hydrogens (tertiary/aromatic N) is 7. The molecule has 10 heteroatoms. The van der Waals surface area contributed by atoms with Crippen LogP contribution in [0.15, 0.2) is 91.0 Å². The molecule has 2 aromatic heterocycles. The molecule has 0 unspecified atom stereocenters. The summed E-state index contributed by atoms with van der Waals surface area (Å²) < 4.78 is 3.10. The van der Waals surface area contributed by atoms with Crippen molar-refractivity contribution in [2.24, 2.45) is 0 Å². The van der Waals surface area contributed by atoms with E-state index in [1.807, 2.05) is 61.5 Å². The smallest absolute Gasteiger partial charge is 0.255 e. The molecule has 0 saturated carbocycles. The van der Waals surface area contributed by atoms with Crippen LogP contribution < -0.4 is 5.32 Å². The summed E-state index contributed by atoms with van der Waals surface area (Å²) in [5.41, 5.74) is 5.29. The highest BCUT2D eigenvalue weighted by molar-refractivity contribution is 6.31. The second-order valence-corrected chi connectivity index (χ2v) is 8.58. The van der Waals surface area contributed by atoms with E-state index < -0.39 is 0 Å². The first-order valence-corrected chi connectivity index (χ1v) is 11.5. The largest absolute Gasteiger partial charge is 0.324 e. The van der Waals surface area contributed by atoms with E-state index in [0.717, 1.165) is 11.1 Å². The molecule has 0 saturated heterocycles. The van der Waals surface area contributed by atoms with Crippen molar-refractivity contribution in [3.63, 3.8) is 0 Å². The fourth-order valence-corrected chi connectivity index (χ4v) is 3.92. The van der Waals surface area contributed by atoms with Gasteiger partial charge in [0.2, 0.25) is 0 Å². The van der Waals surface area contributed by atoms with E-state index in [1.54, 1.807) is 35.3 Å². The van der Waals surface area contributed by atoms with Crippen LogP contribution >= 0.6 is 11.6 Å². The lowest BCUT2D eigenvalue weighted by atomic mass is 10.1. The molecular formula is C26H21ClN8O. The number of hydrogen-bond acceptors (Lipinski definition) is 6. The van der Waals surface area contributed by atoms with Crippen LogP contribution in [0.4, 0.5) is 0 Å². The van der Waals surface area contributed by atoms with Crippen LogP contribution in [0, 0.1) is 6.92 Å². The molecule has 0 aliphatic rings. The van der Waals surface area contributed by atoms with Crippen molar-refractivity contribution in [1.29, 1.82) is 0 Å². The number of nitrogens with one attached hydrogen (secondary N) is 1. The van der Waals surface area contributed by atoms with E-state index in [0.29, 0.717) is 39.6 Å². The highest BCUT2D eigenvalue weighted by atomic mass is 35.5. The van der Waals surface area contributed by atoms with Crippen LogP contribution in [0.3, 0.4) is 0 Å². The number of hydrogen-bond donors (Lipinski definition) is 1. The van der Waals surface area contributed by atoms with Crippen LogP contribution in [-0.4, -0.2) is 41.1 Å². The summed E-state index contributed by atoms with van der Waals surface area (Å²) in [6, 6.07) is 22.7. The summed E-state index contributed by atoms with van der Waals surface area (Å²) in [6.07, 6.45) is 5.50. The minimum Gasteiger partial charge on any atom is -0.324 e. The van der Waals surface area contributed by atoms with Crippen LogP contribution in [0.5, 0.6) is 0 Å². The van der Waals surface area contributed by atoms with E-state index in [4.69, 9.17) is 11.6 Å². The third-order valence-electron chi connectivity index (χ3n) is 5.42. The average Bonchev–Trinajstić information content (AvgIpc) is 3.57. The second kappa shape index (κ2) is 10.3. The third kappa shape index (κ3) is 5.37. The molecule has 1 N–H and O–H groups in total. The van der Waals surface area contributed by atoms with Gasteiger partial charge in [-0.1, -0.05) is 64.8 Å². The van der Waals surface area contributed by atoms with Crippen LogP contribution in [0.2, 0.25) is 5.02 Å². The zero-order valence-electron chi connectivity index (χ0n) is 19.3. The highest BCUT2D eigenvalue weighted by Crippen LogP contribution is 2.27. The van der Waals surface area contributed by atoms with Gasteiger partial charge in [-0.2, -0.15) is 4.68 Å². The predicted octanol–water partition coefficient (Wildman–Crippen LogP) is 4.35. The molecule has 0 spiro atoms. The number of benzene rings is 3. The molecular weight excluding hydrogens is 476 g/mol. The van der Waals surface area contributed by atoms with E-state index in [1.165, 1.54) is 11.0 Å². The molecule has 36 heavy (non-hydrogen) atoms. The normalized spacial score (nSPS) is 11.4. The molecule has 0 aliphatic carbocycles. The number of aromatic nitrogens is 7. The number of carbonyl (C=O) groups excluding carboxylic acids is 1. The SMILES string of the molecule is Cc1cccc(C(=O)NC(=Cn2cc(-c3cc(Cl)ccc3-n3cnnn3)nn2)Cc2ccccc2)c1. The minimum absolute atomic E-state index is 0.197. The molecule has 178 valence electrons.